The normalized spacial score (nSPS) is 10.6. The minimum atomic E-state index is -1.25. The predicted octanol–water partition coefficient (Wildman–Crippen LogP) is 2.33. The number of carboxylic acid groups (broad SMARTS) is 1. The van der Waals surface area contributed by atoms with Crippen LogP contribution in [0.25, 0.3) is 11.3 Å². The molecule has 6 nitrogen and oxygen atoms in total. The number of hydrogen-bond donors (Lipinski definition) is 1. The lowest BCUT2D eigenvalue weighted by molar-refractivity contribution is 0.0652. The fourth-order valence-electron chi connectivity index (χ4n) is 1.80. The molecule has 1 aromatic heterocycles. The maximum atomic E-state index is 13.9. The van der Waals surface area contributed by atoms with Crippen molar-refractivity contribution in [2.24, 2.45) is 0 Å². The van der Waals surface area contributed by atoms with Crippen LogP contribution < -0.4 is 4.74 Å². The summed E-state index contributed by atoms with van der Waals surface area (Å²) in [6.07, 6.45) is 0. The van der Waals surface area contributed by atoms with Crippen molar-refractivity contribution in [1.82, 2.24) is 5.16 Å². The summed E-state index contributed by atoms with van der Waals surface area (Å²) in [5.41, 5.74) is 1.05. The lowest BCUT2D eigenvalue weighted by Gasteiger charge is -2.09. The SMILES string of the molecule is COCc1cc(F)c(OC)c(-c2cc(C(=O)O)on2)c1. The fourth-order valence-corrected chi connectivity index (χ4v) is 1.80. The monoisotopic (exact) mass is 281 g/mol. The van der Waals surface area contributed by atoms with Gasteiger partial charge in [-0.25, -0.2) is 9.18 Å². The Morgan fingerprint density at radius 3 is 2.70 bits per heavy atom. The summed E-state index contributed by atoms with van der Waals surface area (Å²) in [4.78, 5) is 10.8. The van der Waals surface area contributed by atoms with E-state index in [-0.39, 0.29) is 23.8 Å². The van der Waals surface area contributed by atoms with E-state index in [2.05, 4.69) is 9.68 Å². The Labute approximate surface area is 113 Å². The molecule has 1 aromatic carbocycles. The number of aromatic nitrogens is 1. The van der Waals surface area contributed by atoms with Crippen LogP contribution in [-0.2, 0) is 11.3 Å². The molecule has 0 atom stereocenters. The second-order valence-corrected chi connectivity index (χ2v) is 3.97. The summed E-state index contributed by atoms with van der Waals surface area (Å²) in [5, 5.41) is 12.4. The van der Waals surface area contributed by atoms with Crippen LogP contribution in [0.2, 0.25) is 0 Å². The average Bonchev–Trinajstić information content (AvgIpc) is 2.88. The highest BCUT2D eigenvalue weighted by Gasteiger charge is 2.19. The molecule has 0 spiro atoms. The lowest BCUT2D eigenvalue weighted by Crippen LogP contribution is -1.97. The molecule has 0 amide bonds. The Bertz CT molecular complexity index is 638. The third-order valence-corrected chi connectivity index (χ3v) is 2.62. The predicted molar refractivity (Wildman–Crippen MR) is 66.1 cm³/mol. The zero-order valence-corrected chi connectivity index (χ0v) is 10.8. The highest BCUT2D eigenvalue weighted by atomic mass is 19.1. The zero-order chi connectivity index (χ0) is 14.7. The summed E-state index contributed by atoms with van der Waals surface area (Å²) < 4.78 is 28.5. The summed E-state index contributed by atoms with van der Waals surface area (Å²) in [7, 11) is 2.80. The van der Waals surface area contributed by atoms with Gasteiger partial charge >= 0.3 is 5.97 Å². The molecule has 20 heavy (non-hydrogen) atoms. The molecule has 7 heteroatoms. The molecule has 1 N–H and O–H groups in total. The third kappa shape index (κ3) is 2.62. The van der Waals surface area contributed by atoms with E-state index in [9.17, 15) is 9.18 Å². The second-order valence-electron chi connectivity index (χ2n) is 3.97. The van der Waals surface area contributed by atoms with Crippen LogP contribution in [0.1, 0.15) is 16.1 Å². The minimum Gasteiger partial charge on any atom is -0.493 e. The molecular weight excluding hydrogens is 269 g/mol. The molecule has 0 bridgehead atoms. The maximum absolute atomic E-state index is 13.9. The Morgan fingerprint density at radius 2 is 2.15 bits per heavy atom. The van der Waals surface area contributed by atoms with Crippen molar-refractivity contribution in [3.05, 3.63) is 35.3 Å². The van der Waals surface area contributed by atoms with E-state index < -0.39 is 11.8 Å². The minimum absolute atomic E-state index is 0.0323. The number of methoxy groups -OCH3 is 2. The number of nitrogens with zero attached hydrogens (tertiary/aromatic N) is 1. The van der Waals surface area contributed by atoms with E-state index >= 15 is 0 Å². The number of ether oxygens (including phenoxy) is 2. The standard InChI is InChI=1S/C13H12FNO5/c1-18-6-7-3-8(12(19-2)9(14)4-7)10-5-11(13(16)17)20-15-10/h3-5H,6H2,1-2H3,(H,16,17). The Hall–Kier alpha value is -2.41. The highest BCUT2D eigenvalue weighted by molar-refractivity contribution is 5.86. The van der Waals surface area contributed by atoms with E-state index in [0.717, 1.165) is 0 Å². The molecule has 0 aliphatic heterocycles. The van der Waals surface area contributed by atoms with Crippen LogP contribution in [0.15, 0.2) is 22.7 Å². The van der Waals surface area contributed by atoms with Gasteiger partial charge < -0.3 is 19.1 Å². The fraction of sp³-hybridized carbons (Fsp3) is 0.231. The molecule has 2 rings (SSSR count). The van der Waals surface area contributed by atoms with Crippen LogP contribution in [0.5, 0.6) is 5.75 Å². The quantitative estimate of drug-likeness (QED) is 0.905. The van der Waals surface area contributed by atoms with Crippen molar-refractivity contribution in [1.29, 1.82) is 0 Å². The molecule has 0 aliphatic rings. The van der Waals surface area contributed by atoms with E-state index in [1.54, 1.807) is 6.07 Å². The molecule has 2 aromatic rings. The Kier molecular flexibility index (Phi) is 3.99. The molecule has 1 heterocycles. The Balaban J connectivity index is 2.54. The molecule has 0 radical (unpaired) electrons. The summed E-state index contributed by atoms with van der Waals surface area (Å²) in [6.45, 7) is 0.206. The Morgan fingerprint density at radius 1 is 1.40 bits per heavy atom. The first-order valence-corrected chi connectivity index (χ1v) is 5.62. The number of rotatable bonds is 5. The summed E-state index contributed by atoms with van der Waals surface area (Å²) >= 11 is 0. The van der Waals surface area contributed by atoms with Crippen LogP contribution in [0.3, 0.4) is 0 Å². The van der Waals surface area contributed by atoms with E-state index in [1.165, 1.54) is 26.4 Å². The third-order valence-electron chi connectivity index (χ3n) is 2.62. The van der Waals surface area contributed by atoms with Crippen molar-refractivity contribution >= 4 is 5.97 Å². The molecule has 106 valence electrons. The first-order chi connectivity index (χ1) is 9.56. The van der Waals surface area contributed by atoms with Gasteiger partial charge in [-0.2, -0.15) is 0 Å². The van der Waals surface area contributed by atoms with Gasteiger partial charge in [0.25, 0.3) is 0 Å². The van der Waals surface area contributed by atoms with Gasteiger partial charge in [0.15, 0.2) is 11.6 Å². The largest absolute Gasteiger partial charge is 0.493 e. The average molecular weight is 281 g/mol. The first kappa shape index (κ1) is 14.0. The van der Waals surface area contributed by atoms with Crippen LogP contribution in [0.4, 0.5) is 4.39 Å². The number of halogens is 1. The van der Waals surface area contributed by atoms with Crippen LogP contribution in [-0.4, -0.2) is 30.5 Å². The molecular formula is C13H12FNO5. The number of benzene rings is 1. The van der Waals surface area contributed by atoms with E-state index in [0.29, 0.717) is 11.1 Å². The zero-order valence-electron chi connectivity index (χ0n) is 10.8. The van der Waals surface area contributed by atoms with Crippen molar-refractivity contribution < 1.29 is 28.3 Å². The molecule has 0 saturated heterocycles. The van der Waals surface area contributed by atoms with Gasteiger partial charge in [0.2, 0.25) is 5.76 Å². The number of carbonyl (C=O) groups is 1. The van der Waals surface area contributed by atoms with Gasteiger partial charge in [0.05, 0.1) is 13.7 Å². The number of hydrogen-bond acceptors (Lipinski definition) is 5. The highest BCUT2D eigenvalue weighted by Crippen LogP contribution is 2.33. The van der Waals surface area contributed by atoms with Crippen molar-refractivity contribution in [2.75, 3.05) is 14.2 Å². The second kappa shape index (κ2) is 5.70. The van der Waals surface area contributed by atoms with Crippen LogP contribution >= 0.6 is 0 Å². The smallest absolute Gasteiger partial charge is 0.374 e. The van der Waals surface area contributed by atoms with Crippen molar-refractivity contribution in [3.8, 4) is 17.0 Å². The number of carboxylic acids is 1. The molecule has 0 unspecified atom stereocenters. The summed E-state index contributed by atoms with van der Waals surface area (Å²) in [6, 6.07) is 4.09. The van der Waals surface area contributed by atoms with Crippen molar-refractivity contribution in [3.63, 3.8) is 0 Å². The van der Waals surface area contributed by atoms with Crippen molar-refractivity contribution in [2.45, 2.75) is 6.61 Å². The van der Waals surface area contributed by atoms with E-state index in [4.69, 9.17) is 14.6 Å². The van der Waals surface area contributed by atoms with Gasteiger partial charge in [-0.3, -0.25) is 0 Å². The van der Waals surface area contributed by atoms with Gasteiger partial charge in [-0.15, -0.1) is 0 Å². The van der Waals surface area contributed by atoms with Gasteiger partial charge in [0, 0.05) is 18.7 Å². The lowest BCUT2D eigenvalue weighted by atomic mass is 10.1. The first-order valence-electron chi connectivity index (χ1n) is 5.62. The maximum Gasteiger partial charge on any atom is 0.374 e. The topological polar surface area (TPSA) is 81.8 Å². The summed E-state index contributed by atoms with van der Waals surface area (Å²) in [5.74, 6) is -2.21. The van der Waals surface area contributed by atoms with Gasteiger partial charge in [0.1, 0.15) is 5.69 Å². The van der Waals surface area contributed by atoms with E-state index in [1.807, 2.05) is 0 Å². The van der Waals surface area contributed by atoms with Gasteiger partial charge in [-0.05, 0) is 17.7 Å². The van der Waals surface area contributed by atoms with Gasteiger partial charge in [-0.1, -0.05) is 5.16 Å². The molecule has 0 aliphatic carbocycles. The van der Waals surface area contributed by atoms with Crippen LogP contribution in [0, 0.1) is 5.82 Å². The molecule has 0 fully saturated rings. The molecule has 0 saturated carbocycles. The number of aromatic carboxylic acids is 1.